The van der Waals surface area contributed by atoms with Gasteiger partial charge in [0, 0.05) is 54.7 Å². The number of likely N-dealkylation sites (N-methyl/N-ethyl adjacent to an activating group) is 1. The number of piperazine rings is 1. The van der Waals surface area contributed by atoms with Gasteiger partial charge in [-0.25, -0.2) is 9.97 Å². The van der Waals surface area contributed by atoms with Crippen molar-refractivity contribution in [2.24, 2.45) is 5.92 Å². The number of hydrogen-bond donors (Lipinski definition) is 1. The van der Waals surface area contributed by atoms with Gasteiger partial charge in [0.25, 0.3) is 0 Å². The van der Waals surface area contributed by atoms with Crippen molar-refractivity contribution in [1.29, 1.82) is 0 Å². The molecule has 1 aliphatic rings. The molecule has 1 N–H and O–H groups in total. The monoisotopic (exact) mass is 389 g/mol. The van der Waals surface area contributed by atoms with Crippen molar-refractivity contribution in [2.45, 2.75) is 19.9 Å². The van der Waals surface area contributed by atoms with E-state index in [9.17, 15) is 0 Å². The molecular formula is C14H24IN5. The molecule has 0 radical (unpaired) electrons. The van der Waals surface area contributed by atoms with Gasteiger partial charge in [-0.2, -0.15) is 0 Å². The molecule has 6 heteroatoms. The van der Waals surface area contributed by atoms with Crippen molar-refractivity contribution in [3.63, 3.8) is 0 Å². The predicted molar refractivity (Wildman–Crippen MR) is 90.9 cm³/mol. The zero-order chi connectivity index (χ0) is 14.5. The van der Waals surface area contributed by atoms with Gasteiger partial charge in [0.05, 0.1) is 0 Å². The van der Waals surface area contributed by atoms with Crippen LogP contribution >= 0.6 is 22.6 Å². The van der Waals surface area contributed by atoms with Gasteiger partial charge in [-0.3, -0.25) is 4.90 Å². The van der Waals surface area contributed by atoms with Crippen LogP contribution in [0.4, 0.5) is 5.95 Å². The first-order chi connectivity index (χ1) is 9.56. The minimum atomic E-state index is 0.534. The van der Waals surface area contributed by atoms with Crippen LogP contribution < -0.4 is 5.32 Å². The highest BCUT2D eigenvalue weighted by molar-refractivity contribution is 14.1. The molecule has 0 aromatic carbocycles. The molecule has 1 saturated heterocycles. The maximum atomic E-state index is 4.31. The van der Waals surface area contributed by atoms with Crippen LogP contribution in [0, 0.1) is 9.49 Å². The Balaban J connectivity index is 1.90. The molecule has 0 amide bonds. The molecule has 1 aliphatic heterocycles. The van der Waals surface area contributed by atoms with E-state index in [-0.39, 0.29) is 0 Å². The molecule has 1 atom stereocenters. The van der Waals surface area contributed by atoms with Crippen LogP contribution in [-0.4, -0.2) is 65.6 Å². The molecule has 112 valence electrons. The highest BCUT2D eigenvalue weighted by atomic mass is 127. The molecule has 1 aromatic heterocycles. The van der Waals surface area contributed by atoms with E-state index in [0.717, 1.165) is 42.2 Å². The smallest absolute Gasteiger partial charge is 0.222 e. The van der Waals surface area contributed by atoms with Crippen LogP contribution in [0.2, 0.25) is 0 Å². The Morgan fingerprint density at radius 2 is 1.80 bits per heavy atom. The standard InChI is InChI=1S/C14H24IN5/c1-11(2)13(20-6-4-19(3)5-7-20)10-18-14-16-8-12(15)9-17-14/h8-9,11,13H,4-7,10H2,1-3H3,(H,16,17,18). The van der Waals surface area contributed by atoms with Gasteiger partial charge in [-0.15, -0.1) is 0 Å². The fraction of sp³-hybridized carbons (Fsp3) is 0.714. The Morgan fingerprint density at radius 3 is 2.35 bits per heavy atom. The number of hydrogen-bond acceptors (Lipinski definition) is 5. The van der Waals surface area contributed by atoms with Gasteiger partial charge in [-0.1, -0.05) is 13.8 Å². The lowest BCUT2D eigenvalue weighted by molar-refractivity contribution is 0.0943. The van der Waals surface area contributed by atoms with Crippen molar-refractivity contribution in [1.82, 2.24) is 19.8 Å². The number of aromatic nitrogens is 2. The number of nitrogens with zero attached hydrogens (tertiary/aromatic N) is 4. The van der Waals surface area contributed by atoms with Crippen molar-refractivity contribution in [3.8, 4) is 0 Å². The predicted octanol–water partition coefficient (Wildman–Crippen LogP) is 1.77. The molecule has 0 saturated carbocycles. The van der Waals surface area contributed by atoms with Gasteiger partial charge in [-0.05, 0) is 35.6 Å². The van der Waals surface area contributed by atoms with E-state index < -0.39 is 0 Å². The molecule has 1 aromatic rings. The number of nitrogens with one attached hydrogen (secondary N) is 1. The molecule has 1 unspecified atom stereocenters. The Labute approximate surface area is 135 Å². The minimum absolute atomic E-state index is 0.534. The Morgan fingerprint density at radius 1 is 1.20 bits per heavy atom. The van der Waals surface area contributed by atoms with Crippen molar-refractivity contribution in [2.75, 3.05) is 45.1 Å². The Kier molecular flexibility index (Phi) is 5.98. The third-order valence-corrected chi connectivity index (χ3v) is 4.42. The highest BCUT2D eigenvalue weighted by Crippen LogP contribution is 2.14. The van der Waals surface area contributed by atoms with Gasteiger partial charge < -0.3 is 10.2 Å². The topological polar surface area (TPSA) is 44.3 Å². The lowest BCUT2D eigenvalue weighted by Gasteiger charge is -2.39. The third-order valence-electron chi connectivity index (χ3n) is 3.87. The lowest BCUT2D eigenvalue weighted by atomic mass is 10.0. The summed E-state index contributed by atoms with van der Waals surface area (Å²) in [4.78, 5) is 13.6. The molecule has 20 heavy (non-hydrogen) atoms. The molecule has 0 spiro atoms. The van der Waals surface area contributed by atoms with E-state index in [1.165, 1.54) is 0 Å². The minimum Gasteiger partial charge on any atom is -0.353 e. The maximum Gasteiger partial charge on any atom is 0.222 e. The average molecular weight is 389 g/mol. The van der Waals surface area contributed by atoms with E-state index in [0.29, 0.717) is 12.0 Å². The fourth-order valence-electron chi connectivity index (χ4n) is 2.54. The van der Waals surface area contributed by atoms with Gasteiger partial charge in [0.2, 0.25) is 5.95 Å². The quantitative estimate of drug-likeness (QED) is 0.778. The Bertz CT molecular complexity index is 401. The molecule has 1 fully saturated rings. The number of rotatable bonds is 5. The molecule has 2 rings (SSSR count). The summed E-state index contributed by atoms with van der Waals surface area (Å²) >= 11 is 2.22. The summed E-state index contributed by atoms with van der Waals surface area (Å²) in [6.45, 7) is 10.1. The molecule has 5 nitrogen and oxygen atoms in total. The highest BCUT2D eigenvalue weighted by Gasteiger charge is 2.24. The maximum absolute atomic E-state index is 4.31. The summed E-state index contributed by atoms with van der Waals surface area (Å²) in [6.07, 6.45) is 3.69. The van der Waals surface area contributed by atoms with E-state index in [1.54, 1.807) is 0 Å². The third kappa shape index (κ3) is 4.53. The Hall–Kier alpha value is -0.470. The van der Waals surface area contributed by atoms with Crippen molar-refractivity contribution >= 4 is 28.5 Å². The largest absolute Gasteiger partial charge is 0.353 e. The number of halogens is 1. The lowest BCUT2D eigenvalue weighted by Crippen LogP contribution is -2.52. The van der Waals surface area contributed by atoms with E-state index in [1.807, 2.05) is 12.4 Å². The molecular weight excluding hydrogens is 365 g/mol. The van der Waals surface area contributed by atoms with Gasteiger partial charge >= 0.3 is 0 Å². The number of anilines is 1. The first-order valence-corrected chi connectivity index (χ1v) is 8.28. The van der Waals surface area contributed by atoms with Crippen LogP contribution in [0.15, 0.2) is 12.4 Å². The van der Waals surface area contributed by atoms with E-state index in [4.69, 9.17) is 0 Å². The zero-order valence-electron chi connectivity index (χ0n) is 12.5. The van der Waals surface area contributed by atoms with Crippen LogP contribution in [0.1, 0.15) is 13.8 Å². The molecule has 2 heterocycles. The fourth-order valence-corrected chi connectivity index (χ4v) is 2.82. The van der Waals surface area contributed by atoms with Crippen molar-refractivity contribution in [3.05, 3.63) is 16.0 Å². The second kappa shape index (κ2) is 7.51. The normalized spacial score (nSPS) is 19.2. The summed E-state index contributed by atoms with van der Waals surface area (Å²) in [5, 5.41) is 3.38. The van der Waals surface area contributed by atoms with E-state index in [2.05, 4.69) is 68.6 Å². The second-order valence-electron chi connectivity index (χ2n) is 5.76. The van der Waals surface area contributed by atoms with Crippen LogP contribution in [0.3, 0.4) is 0 Å². The van der Waals surface area contributed by atoms with E-state index >= 15 is 0 Å². The van der Waals surface area contributed by atoms with Crippen LogP contribution in [0.5, 0.6) is 0 Å². The summed E-state index contributed by atoms with van der Waals surface area (Å²) in [7, 11) is 2.19. The van der Waals surface area contributed by atoms with Gasteiger partial charge in [0.1, 0.15) is 0 Å². The molecule has 0 aliphatic carbocycles. The SMILES string of the molecule is CC(C)C(CNc1ncc(I)cn1)N1CCN(C)CC1. The van der Waals surface area contributed by atoms with Crippen molar-refractivity contribution < 1.29 is 0 Å². The summed E-state index contributed by atoms with van der Waals surface area (Å²) < 4.78 is 1.06. The van der Waals surface area contributed by atoms with Crippen LogP contribution in [-0.2, 0) is 0 Å². The summed E-state index contributed by atoms with van der Waals surface area (Å²) in [5.74, 6) is 1.35. The molecule has 0 bridgehead atoms. The zero-order valence-corrected chi connectivity index (χ0v) is 14.7. The summed E-state index contributed by atoms with van der Waals surface area (Å²) in [6, 6.07) is 0.534. The first kappa shape index (κ1) is 15.9. The van der Waals surface area contributed by atoms with Crippen LogP contribution in [0.25, 0.3) is 0 Å². The van der Waals surface area contributed by atoms with Gasteiger partial charge in [0.15, 0.2) is 0 Å². The first-order valence-electron chi connectivity index (χ1n) is 7.20. The summed E-state index contributed by atoms with van der Waals surface area (Å²) in [5.41, 5.74) is 0. The average Bonchev–Trinajstić information content (AvgIpc) is 2.43. The second-order valence-corrected chi connectivity index (χ2v) is 7.00.